The number of hydrogen-bond donors (Lipinski definition) is 3. The Balaban J connectivity index is 1.67. The molecule has 0 atom stereocenters. The number of benzene rings is 2. The largest absolute Gasteiger partial charge is 0.347 e. The highest BCUT2D eigenvalue weighted by atomic mass is 16.2. The van der Waals surface area contributed by atoms with E-state index in [9.17, 15) is 9.59 Å². The summed E-state index contributed by atoms with van der Waals surface area (Å²) >= 11 is 0. The number of nitrogens with zero attached hydrogens (tertiary/aromatic N) is 2. The third kappa shape index (κ3) is 5.87. The summed E-state index contributed by atoms with van der Waals surface area (Å²) in [5.41, 5.74) is 3.97. The van der Waals surface area contributed by atoms with E-state index in [4.69, 9.17) is 0 Å². The number of carbonyl (C=O) groups excluding carboxylic acids is 2. The number of amides is 2. The second kappa shape index (κ2) is 8.97. The standard InChI is InChI=1S/C22H23N5O2/c1-14-4-6-17(7-5-14)13-23-22(29)20-12-21(25-15(2)24-20)27-19-10-8-18(9-11-19)26-16(3)28/h4-12H,13H2,1-3H3,(H,23,29)(H,26,28)(H,24,25,27). The molecule has 7 heteroatoms. The lowest BCUT2D eigenvalue weighted by Crippen LogP contribution is -2.24. The summed E-state index contributed by atoms with van der Waals surface area (Å²) in [6.45, 7) is 5.65. The van der Waals surface area contributed by atoms with Crippen LogP contribution in [0, 0.1) is 13.8 Å². The van der Waals surface area contributed by atoms with Gasteiger partial charge in [0.2, 0.25) is 5.91 Å². The van der Waals surface area contributed by atoms with Crippen molar-refractivity contribution in [2.75, 3.05) is 10.6 Å². The average Bonchev–Trinajstić information content (AvgIpc) is 2.68. The van der Waals surface area contributed by atoms with E-state index in [-0.39, 0.29) is 11.8 Å². The van der Waals surface area contributed by atoms with Crippen LogP contribution in [0.4, 0.5) is 17.2 Å². The van der Waals surface area contributed by atoms with Gasteiger partial charge < -0.3 is 16.0 Å². The maximum Gasteiger partial charge on any atom is 0.270 e. The summed E-state index contributed by atoms with van der Waals surface area (Å²) in [7, 11) is 0. The van der Waals surface area contributed by atoms with E-state index in [1.165, 1.54) is 12.5 Å². The first-order chi connectivity index (χ1) is 13.9. The zero-order chi connectivity index (χ0) is 20.8. The molecule has 0 radical (unpaired) electrons. The second-order valence-corrected chi connectivity index (χ2v) is 6.74. The average molecular weight is 389 g/mol. The van der Waals surface area contributed by atoms with E-state index in [1.54, 1.807) is 25.1 Å². The molecule has 0 unspecified atom stereocenters. The highest BCUT2D eigenvalue weighted by Gasteiger charge is 2.11. The monoisotopic (exact) mass is 389 g/mol. The summed E-state index contributed by atoms with van der Waals surface area (Å²) in [6.07, 6.45) is 0. The zero-order valence-corrected chi connectivity index (χ0v) is 16.6. The van der Waals surface area contributed by atoms with Crippen LogP contribution < -0.4 is 16.0 Å². The van der Waals surface area contributed by atoms with Crippen molar-refractivity contribution >= 4 is 29.0 Å². The van der Waals surface area contributed by atoms with E-state index in [0.717, 1.165) is 11.3 Å². The number of anilines is 3. The van der Waals surface area contributed by atoms with E-state index in [0.29, 0.717) is 29.6 Å². The Morgan fingerprint density at radius 3 is 2.21 bits per heavy atom. The topological polar surface area (TPSA) is 96.0 Å². The molecule has 3 rings (SSSR count). The fraction of sp³-hybridized carbons (Fsp3) is 0.182. The summed E-state index contributed by atoms with van der Waals surface area (Å²) in [5.74, 6) is 0.620. The highest BCUT2D eigenvalue weighted by Crippen LogP contribution is 2.18. The number of hydrogen-bond acceptors (Lipinski definition) is 5. The van der Waals surface area contributed by atoms with Crippen LogP contribution in [-0.2, 0) is 11.3 Å². The van der Waals surface area contributed by atoms with E-state index in [2.05, 4.69) is 25.9 Å². The van der Waals surface area contributed by atoms with Crippen molar-refractivity contribution in [2.24, 2.45) is 0 Å². The molecule has 1 aromatic heterocycles. The molecule has 1 heterocycles. The van der Waals surface area contributed by atoms with Gasteiger partial charge in [-0.2, -0.15) is 0 Å². The molecule has 2 amide bonds. The van der Waals surface area contributed by atoms with Gasteiger partial charge in [-0.15, -0.1) is 0 Å². The normalized spacial score (nSPS) is 10.3. The van der Waals surface area contributed by atoms with Crippen molar-refractivity contribution in [3.63, 3.8) is 0 Å². The van der Waals surface area contributed by atoms with E-state index >= 15 is 0 Å². The fourth-order valence-electron chi connectivity index (χ4n) is 2.71. The van der Waals surface area contributed by atoms with Crippen molar-refractivity contribution in [1.29, 1.82) is 0 Å². The third-order valence-electron chi connectivity index (χ3n) is 4.12. The maximum atomic E-state index is 12.5. The van der Waals surface area contributed by atoms with Crippen LogP contribution in [-0.4, -0.2) is 21.8 Å². The molecule has 148 valence electrons. The van der Waals surface area contributed by atoms with Crippen molar-refractivity contribution in [3.05, 3.63) is 77.2 Å². The Labute approximate surface area is 169 Å². The van der Waals surface area contributed by atoms with Crippen molar-refractivity contribution in [3.8, 4) is 0 Å². The smallest absolute Gasteiger partial charge is 0.270 e. The van der Waals surface area contributed by atoms with Crippen LogP contribution in [0.1, 0.15) is 34.4 Å². The van der Waals surface area contributed by atoms with Gasteiger partial charge >= 0.3 is 0 Å². The third-order valence-corrected chi connectivity index (χ3v) is 4.12. The number of aromatic nitrogens is 2. The fourth-order valence-corrected chi connectivity index (χ4v) is 2.71. The Kier molecular flexibility index (Phi) is 6.19. The van der Waals surface area contributed by atoms with E-state index < -0.39 is 0 Å². The van der Waals surface area contributed by atoms with Crippen LogP contribution in [0.2, 0.25) is 0 Å². The lowest BCUT2D eigenvalue weighted by atomic mass is 10.1. The zero-order valence-electron chi connectivity index (χ0n) is 16.6. The van der Waals surface area contributed by atoms with Crippen LogP contribution in [0.5, 0.6) is 0 Å². The molecule has 0 bridgehead atoms. The Hall–Kier alpha value is -3.74. The van der Waals surface area contributed by atoms with Crippen LogP contribution in [0.3, 0.4) is 0 Å². The van der Waals surface area contributed by atoms with E-state index in [1.807, 2.05) is 43.3 Å². The summed E-state index contributed by atoms with van der Waals surface area (Å²) in [5, 5.41) is 8.75. The minimum atomic E-state index is -0.264. The Morgan fingerprint density at radius 2 is 1.55 bits per heavy atom. The molecule has 3 N–H and O–H groups in total. The lowest BCUT2D eigenvalue weighted by molar-refractivity contribution is -0.114. The van der Waals surface area contributed by atoms with Crippen molar-refractivity contribution in [1.82, 2.24) is 15.3 Å². The van der Waals surface area contributed by atoms with Gasteiger partial charge in [-0.1, -0.05) is 29.8 Å². The number of rotatable bonds is 6. The predicted octanol–water partition coefficient (Wildman–Crippen LogP) is 3.73. The number of carbonyl (C=O) groups is 2. The Bertz CT molecular complexity index is 1010. The van der Waals surface area contributed by atoms with Gasteiger partial charge in [-0.25, -0.2) is 9.97 Å². The molecule has 2 aromatic carbocycles. The van der Waals surface area contributed by atoms with Gasteiger partial charge in [0.25, 0.3) is 5.91 Å². The summed E-state index contributed by atoms with van der Waals surface area (Å²) in [4.78, 5) is 32.2. The van der Waals surface area contributed by atoms with Gasteiger partial charge in [-0.05, 0) is 43.7 Å². The molecule has 0 saturated carbocycles. The van der Waals surface area contributed by atoms with Crippen molar-refractivity contribution in [2.45, 2.75) is 27.3 Å². The predicted molar refractivity (Wildman–Crippen MR) is 113 cm³/mol. The number of nitrogens with one attached hydrogen (secondary N) is 3. The molecule has 0 aliphatic carbocycles. The SMILES string of the molecule is CC(=O)Nc1ccc(Nc2cc(C(=O)NCc3ccc(C)cc3)nc(C)n2)cc1. The Morgan fingerprint density at radius 1 is 0.897 bits per heavy atom. The first-order valence-electron chi connectivity index (χ1n) is 9.23. The summed E-state index contributed by atoms with van der Waals surface area (Å²) < 4.78 is 0. The van der Waals surface area contributed by atoms with Gasteiger partial charge in [0.1, 0.15) is 17.3 Å². The van der Waals surface area contributed by atoms with Gasteiger partial charge in [0, 0.05) is 30.9 Å². The van der Waals surface area contributed by atoms with Gasteiger partial charge in [0.05, 0.1) is 0 Å². The minimum Gasteiger partial charge on any atom is -0.347 e. The van der Waals surface area contributed by atoms with Crippen LogP contribution >= 0.6 is 0 Å². The summed E-state index contributed by atoms with van der Waals surface area (Å²) in [6, 6.07) is 16.8. The second-order valence-electron chi connectivity index (χ2n) is 6.74. The number of aryl methyl sites for hydroxylation is 2. The first kappa shape index (κ1) is 20.0. The molecule has 0 fully saturated rings. The molecule has 29 heavy (non-hydrogen) atoms. The molecule has 0 aliphatic rings. The molecule has 3 aromatic rings. The molecular weight excluding hydrogens is 366 g/mol. The van der Waals surface area contributed by atoms with Gasteiger partial charge in [-0.3, -0.25) is 9.59 Å². The van der Waals surface area contributed by atoms with Crippen LogP contribution in [0.25, 0.3) is 0 Å². The van der Waals surface area contributed by atoms with Crippen molar-refractivity contribution < 1.29 is 9.59 Å². The molecular formula is C22H23N5O2. The van der Waals surface area contributed by atoms with Gasteiger partial charge in [0.15, 0.2) is 0 Å². The first-order valence-corrected chi connectivity index (χ1v) is 9.23. The molecule has 0 saturated heterocycles. The lowest BCUT2D eigenvalue weighted by Gasteiger charge is -2.10. The molecule has 0 aliphatic heterocycles. The molecule has 0 spiro atoms. The molecule has 7 nitrogen and oxygen atoms in total. The quantitative estimate of drug-likeness (QED) is 0.597. The maximum absolute atomic E-state index is 12.5. The van der Waals surface area contributed by atoms with Crippen LogP contribution in [0.15, 0.2) is 54.6 Å². The highest BCUT2D eigenvalue weighted by molar-refractivity contribution is 5.93. The minimum absolute atomic E-state index is 0.126.